The minimum atomic E-state index is -4.54. The Kier molecular flexibility index (Phi) is 7.44. The lowest BCUT2D eigenvalue weighted by Crippen LogP contribution is -2.46. The largest absolute Gasteiger partial charge is 0.481 e. The van der Waals surface area contributed by atoms with Gasteiger partial charge in [-0.2, -0.15) is 13.2 Å². The van der Waals surface area contributed by atoms with Gasteiger partial charge in [0, 0.05) is 30.6 Å². The van der Waals surface area contributed by atoms with E-state index >= 15 is 0 Å². The van der Waals surface area contributed by atoms with E-state index in [1.807, 2.05) is 24.0 Å². The molecule has 2 aromatic heterocycles. The molecule has 0 amide bonds. The van der Waals surface area contributed by atoms with Crippen LogP contribution in [0.15, 0.2) is 59.6 Å². The number of halogens is 3. The smallest absolute Gasteiger partial charge is 0.418 e. The van der Waals surface area contributed by atoms with E-state index in [2.05, 4.69) is 14.7 Å². The molecular formula is C26H27F3N4O2S. The number of nitrogens with one attached hydrogen (secondary N) is 1. The Hall–Kier alpha value is -3.27. The molecule has 0 aliphatic carbocycles. The van der Waals surface area contributed by atoms with Gasteiger partial charge in [0.2, 0.25) is 0 Å². The molecule has 0 saturated carbocycles. The lowest BCUT2D eigenvalue weighted by Gasteiger charge is -2.38. The van der Waals surface area contributed by atoms with Crippen molar-refractivity contribution in [2.75, 3.05) is 22.7 Å². The maximum Gasteiger partial charge on any atom is 0.418 e. The van der Waals surface area contributed by atoms with Crippen molar-refractivity contribution in [2.45, 2.75) is 44.3 Å². The third-order valence-electron chi connectivity index (χ3n) is 6.36. The molecule has 1 saturated heterocycles. The summed E-state index contributed by atoms with van der Waals surface area (Å²) >= 11 is 1.14. The molecule has 1 atom stereocenters. The molecule has 190 valence electrons. The molecule has 2 N–H and O–H groups in total. The van der Waals surface area contributed by atoms with Crippen LogP contribution in [0.4, 0.5) is 24.8 Å². The van der Waals surface area contributed by atoms with Gasteiger partial charge in [-0.05, 0) is 56.0 Å². The van der Waals surface area contributed by atoms with E-state index in [-0.39, 0.29) is 11.5 Å². The number of carboxylic acids is 1. The van der Waals surface area contributed by atoms with Crippen LogP contribution in [0.3, 0.4) is 0 Å². The van der Waals surface area contributed by atoms with Crippen LogP contribution in [0.2, 0.25) is 0 Å². The summed E-state index contributed by atoms with van der Waals surface area (Å²) in [6, 6.07) is 14.7. The first kappa shape index (κ1) is 25.8. The summed E-state index contributed by atoms with van der Waals surface area (Å²) in [6.45, 7) is 4.70. The van der Waals surface area contributed by atoms with Crippen molar-refractivity contribution in [1.82, 2.24) is 9.97 Å². The molecule has 1 fully saturated rings. The molecule has 1 aliphatic rings. The number of rotatable bonds is 7. The lowest BCUT2D eigenvalue weighted by atomic mass is 9.82. The SMILES string of the molecule is CCc1ccccc1-c1nc(NSc2cccc(N3CCC[C@@](C)(C(=O)O)C3)n2)ccc1C(F)(F)F. The number of aromatic nitrogens is 2. The number of benzene rings is 1. The third kappa shape index (κ3) is 5.59. The van der Waals surface area contributed by atoms with Gasteiger partial charge >= 0.3 is 12.1 Å². The van der Waals surface area contributed by atoms with Crippen LogP contribution in [0.25, 0.3) is 11.3 Å². The molecule has 36 heavy (non-hydrogen) atoms. The third-order valence-corrected chi connectivity index (χ3v) is 7.11. The number of anilines is 2. The average molecular weight is 517 g/mol. The maximum absolute atomic E-state index is 13.8. The zero-order valence-electron chi connectivity index (χ0n) is 20.0. The van der Waals surface area contributed by atoms with Crippen LogP contribution in [0.1, 0.15) is 37.8 Å². The van der Waals surface area contributed by atoms with Crippen LogP contribution >= 0.6 is 11.9 Å². The number of carbonyl (C=O) groups is 1. The van der Waals surface area contributed by atoms with Crippen molar-refractivity contribution in [2.24, 2.45) is 5.41 Å². The first-order valence-electron chi connectivity index (χ1n) is 11.7. The van der Waals surface area contributed by atoms with Crippen molar-refractivity contribution < 1.29 is 23.1 Å². The number of aliphatic carboxylic acids is 1. The van der Waals surface area contributed by atoms with Gasteiger partial charge in [-0.3, -0.25) is 4.79 Å². The van der Waals surface area contributed by atoms with Crippen LogP contribution in [0.5, 0.6) is 0 Å². The topological polar surface area (TPSA) is 78.4 Å². The molecule has 6 nitrogen and oxygen atoms in total. The lowest BCUT2D eigenvalue weighted by molar-refractivity contribution is -0.148. The monoisotopic (exact) mass is 516 g/mol. The number of aryl methyl sites for hydroxylation is 1. The zero-order valence-corrected chi connectivity index (χ0v) is 20.8. The Morgan fingerprint density at radius 2 is 1.92 bits per heavy atom. The van der Waals surface area contributed by atoms with Gasteiger partial charge in [-0.25, -0.2) is 9.97 Å². The number of pyridine rings is 2. The Morgan fingerprint density at radius 1 is 1.14 bits per heavy atom. The van der Waals surface area contributed by atoms with E-state index in [1.165, 1.54) is 6.07 Å². The number of hydrogen-bond donors (Lipinski definition) is 2. The minimum absolute atomic E-state index is 0.117. The number of piperidine rings is 1. The van der Waals surface area contributed by atoms with Gasteiger partial charge in [0.15, 0.2) is 0 Å². The van der Waals surface area contributed by atoms with E-state index in [0.29, 0.717) is 42.3 Å². The highest BCUT2D eigenvalue weighted by molar-refractivity contribution is 8.00. The Bertz CT molecular complexity index is 1250. The van der Waals surface area contributed by atoms with Gasteiger partial charge in [0.05, 0.1) is 16.7 Å². The Labute approximate surface area is 212 Å². The summed E-state index contributed by atoms with van der Waals surface area (Å²) in [6.07, 6.45) is -2.60. The minimum Gasteiger partial charge on any atom is -0.481 e. The molecule has 10 heteroatoms. The van der Waals surface area contributed by atoms with Crippen LogP contribution in [-0.2, 0) is 17.4 Å². The fourth-order valence-electron chi connectivity index (χ4n) is 4.36. The van der Waals surface area contributed by atoms with Crippen molar-refractivity contribution >= 4 is 29.6 Å². The second-order valence-corrected chi connectivity index (χ2v) is 9.86. The van der Waals surface area contributed by atoms with Gasteiger partial charge in [-0.1, -0.05) is 37.3 Å². The molecule has 1 aliphatic heterocycles. The summed E-state index contributed by atoms with van der Waals surface area (Å²) in [5.41, 5.74) is -0.507. The Balaban J connectivity index is 1.56. The van der Waals surface area contributed by atoms with Crippen LogP contribution < -0.4 is 9.62 Å². The average Bonchev–Trinajstić information content (AvgIpc) is 2.87. The van der Waals surface area contributed by atoms with E-state index in [0.717, 1.165) is 30.0 Å². The molecule has 0 radical (unpaired) electrons. The van der Waals surface area contributed by atoms with Crippen molar-refractivity contribution in [3.05, 3.63) is 65.7 Å². The molecular weight excluding hydrogens is 489 g/mol. The van der Waals surface area contributed by atoms with Crippen LogP contribution in [0, 0.1) is 5.41 Å². The summed E-state index contributed by atoms with van der Waals surface area (Å²) in [7, 11) is 0. The standard InChI is InChI=1S/C26H27F3N4O2S/c1-3-17-8-4-5-9-18(17)23-19(26(27,28)29)12-13-20(30-23)32-36-22-11-6-10-21(31-22)33-15-7-14-25(2,16-33)24(34)35/h4-6,8-13H,3,7,14-16H2,1-2H3,(H,30,32)(H,34,35)/t25-/m1/s1. The predicted octanol–water partition coefficient (Wildman–Crippen LogP) is 6.54. The molecule has 0 unspecified atom stereocenters. The predicted molar refractivity (Wildman–Crippen MR) is 135 cm³/mol. The summed E-state index contributed by atoms with van der Waals surface area (Å²) in [5, 5.41) is 10.2. The molecule has 3 heterocycles. The number of carboxylic acid groups (broad SMARTS) is 1. The van der Waals surface area contributed by atoms with E-state index in [1.54, 1.807) is 37.3 Å². The number of alkyl halides is 3. The first-order chi connectivity index (χ1) is 17.1. The summed E-state index contributed by atoms with van der Waals surface area (Å²) in [5.74, 6) is 0.109. The fraction of sp³-hybridized carbons (Fsp3) is 0.346. The van der Waals surface area contributed by atoms with Crippen LogP contribution in [-0.4, -0.2) is 34.1 Å². The van der Waals surface area contributed by atoms with E-state index in [4.69, 9.17) is 0 Å². The van der Waals surface area contributed by atoms with E-state index < -0.39 is 23.1 Å². The Morgan fingerprint density at radius 3 is 2.64 bits per heavy atom. The van der Waals surface area contributed by atoms with Crippen molar-refractivity contribution in [3.8, 4) is 11.3 Å². The normalized spacial score (nSPS) is 18.2. The van der Waals surface area contributed by atoms with Gasteiger partial charge in [-0.15, -0.1) is 0 Å². The summed E-state index contributed by atoms with van der Waals surface area (Å²) in [4.78, 5) is 22.6. The van der Waals surface area contributed by atoms with Gasteiger partial charge in [0.1, 0.15) is 16.7 Å². The zero-order chi connectivity index (χ0) is 25.9. The molecule has 0 bridgehead atoms. The maximum atomic E-state index is 13.8. The highest BCUT2D eigenvalue weighted by atomic mass is 32.2. The molecule has 1 aromatic carbocycles. The number of hydrogen-bond acceptors (Lipinski definition) is 6. The molecule has 4 rings (SSSR count). The summed E-state index contributed by atoms with van der Waals surface area (Å²) < 4.78 is 44.3. The second kappa shape index (κ2) is 10.4. The van der Waals surface area contributed by atoms with Gasteiger partial charge < -0.3 is 14.7 Å². The molecule has 3 aromatic rings. The van der Waals surface area contributed by atoms with Crippen molar-refractivity contribution in [1.29, 1.82) is 0 Å². The highest BCUT2D eigenvalue weighted by Gasteiger charge is 2.38. The van der Waals surface area contributed by atoms with Crippen molar-refractivity contribution in [3.63, 3.8) is 0 Å². The van der Waals surface area contributed by atoms with E-state index in [9.17, 15) is 23.1 Å². The highest BCUT2D eigenvalue weighted by Crippen LogP contribution is 2.38. The quantitative estimate of drug-likeness (QED) is 0.346. The second-order valence-electron chi connectivity index (χ2n) is 9.03. The number of nitrogens with zero attached hydrogens (tertiary/aromatic N) is 3. The molecule has 0 spiro atoms. The fourth-order valence-corrected chi connectivity index (χ4v) is 4.97. The first-order valence-corrected chi connectivity index (χ1v) is 12.5. The van der Waals surface area contributed by atoms with Gasteiger partial charge in [0.25, 0.3) is 0 Å².